The molecule has 6 unspecified atom stereocenters. The highest BCUT2D eigenvalue weighted by atomic mass is 16.7. The Morgan fingerprint density at radius 3 is 1.31 bits per heavy atom. The predicted molar refractivity (Wildman–Crippen MR) is 303 cm³/mol. The largest absolute Gasteiger partial charge is 0.479 e. The fourth-order valence-corrected chi connectivity index (χ4v) is 7.68. The average Bonchev–Trinajstić information content (AvgIpc) is 3.39. The zero-order valence-electron chi connectivity index (χ0n) is 46.2. The first-order valence-electron chi connectivity index (χ1n) is 28.5. The lowest BCUT2D eigenvalue weighted by atomic mass is 9.98. The van der Waals surface area contributed by atoms with Crippen LogP contribution in [0.25, 0.3) is 0 Å². The second kappa shape index (κ2) is 50.0. The zero-order valence-corrected chi connectivity index (χ0v) is 46.2. The van der Waals surface area contributed by atoms with E-state index < -0.39 is 67.3 Å². The van der Waals surface area contributed by atoms with Gasteiger partial charge in [-0.25, -0.2) is 4.79 Å². The Bertz CT molecular complexity index is 1770. The van der Waals surface area contributed by atoms with Gasteiger partial charge in [-0.1, -0.05) is 181 Å². The van der Waals surface area contributed by atoms with Crippen LogP contribution in [0.1, 0.15) is 201 Å². The van der Waals surface area contributed by atoms with Crippen LogP contribution in [-0.2, 0) is 42.9 Å². The molecule has 422 valence electrons. The number of carboxylic acid groups (broad SMARTS) is 1. The monoisotopic (exact) mass is 1050 g/mol. The van der Waals surface area contributed by atoms with Crippen molar-refractivity contribution in [2.75, 3.05) is 13.2 Å². The molecule has 3 N–H and O–H groups in total. The van der Waals surface area contributed by atoms with Crippen molar-refractivity contribution >= 4 is 23.9 Å². The van der Waals surface area contributed by atoms with E-state index in [-0.39, 0.29) is 25.9 Å². The van der Waals surface area contributed by atoms with E-state index in [2.05, 4.69) is 142 Å². The van der Waals surface area contributed by atoms with E-state index >= 15 is 0 Å². The fourth-order valence-electron chi connectivity index (χ4n) is 7.68. The third-order valence-electron chi connectivity index (χ3n) is 12.0. The Morgan fingerprint density at radius 1 is 0.453 bits per heavy atom. The van der Waals surface area contributed by atoms with Crippen LogP contribution in [0.15, 0.2) is 122 Å². The van der Waals surface area contributed by atoms with Gasteiger partial charge in [0.25, 0.3) is 0 Å². The Balaban J connectivity index is 2.76. The number of aliphatic hydroxyl groups is 2. The lowest BCUT2D eigenvalue weighted by molar-refractivity contribution is -0.301. The van der Waals surface area contributed by atoms with Gasteiger partial charge in [0.1, 0.15) is 18.8 Å². The standard InChI is InChI=1S/C63H98O12/c1-4-7-10-13-16-19-22-25-27-28-30-33-36-39-42-45-48-51-57(66)74-61-59(68)58(67)60(62(69)70)75-63(61)72-53-54(73-56(65)50-47-44-41-38-35-31-24-21-18-15-12-9-6-3)52-71-55(64)49-46-43-40-37-34-32-29-26-23-20-17-14-11-8-5-2/h7-8,10-12,15-17,19-21,24-27,29-30,33-34,37,54,58-61,63,67-68H,4-6,9,13-14,18,22-23,28,31-32,35-36,38-53H2,1-3H3,(H,69,70)/b10-7-,11-8-,15-12-,19-16-,20-17-,24-21-,27-25-,29-26-,33-30-,37-34-. The summed E-state index contributed by atoms with van der Waals surface area (Å²) in [6, 6.07) is 0. The second-order valence-electron chi connectivity index (χ2n) is 18.8. The van der Waals surface area contributed by atoms with Gasteiger partial charge in [0.2, 0.25) is 0 Å². The zero-order chi connectivity index (χ0) is 54.7. The number of carbonyl (C=O) groups excluding carboxylic acids is 3. The normalized spacial score (nSPS) is 19.1. The first-order chi connectivity index (χ1) is 36.6. The maximum atomic E-state index is 13.1. The molecule has 0 amide bonds. The third kappa shape index (κ3) is 40.1. The number of aliphatic hydroxyl groups excluding tert-OH is 2. The number of hydrogen-bond donors (Lipinski definition) is 3. The van der Waals surface area contributed by atoms with E-state index in [0.29, 0.717) is 19.3 Å². The van der Waals surface area contributed by atoms with Crippen molar-refractivity contribution in [3.8, 4) is 0 Å². The van der Waals surface area contributed by atoms with Crippen molar-refractivity contribution in [2.45, 2.75) is 237 Å². The quantitative estimate of drug-likeness (QED) is 0.0228. The summed E-state index contributed by atoms with van der Waals surface area (Å²) < 4.78 is 28.3. The highest BCUT2D eigenvalue weighted by molar-refractivity contribution is 5.74. The summed E-state index contributed by atoms with van der Waals surface area (Å²) >= 11 is 0. The van der Waals surface area contributed by atoms with Crippen molar-refractivity contribution in [3.63, 3.8) is 0 Å². The first-order valence-corrected chi connectivity index (χ1v) is 28.5. The van der Waals surface area contributed by atoms with Gasteiger partial charge in [-0.05, 0) is 122 Å². The molecule has 75 heavy (non-hydrogen) atoms. The van der Waals surface area contributed by atoms with Crippen LogP contribution in [0.2, 0.25) is 0 Å². The van der Waals surface area contributed by atoms with Gasteiger partial charge >= 0.3 is 23.9 Å². The molecule has 0 saturated carbocycles. The predicted octanol–water partition coefficient (Wildman–Crippen LogP) is 14.4. The number of unbranched alkanes of at least 4 members (excludes halogenated alkanes) is 12. The molecule has 1 heterocycles. The molecule has 12 heteroatoms. The highest BCUT2D eigenvalue weighted by Crippen LogP contribution is 2.26. The molecule has 0 bridgehead atoms. The number of aliphatic carboxylic acids is 1. The van der Waals surface area contributed by atoms with Crippen LogP contribution in [0.4, 0.5) is 0 Å². The minimum Gasteiger partial charge on any atom is -0.479 e. The minimum atomic E-state index is -1.93. The number of hydrogen-bond acceptors (Lipinski definition) is 11. The molecule has 1 aliphatic rings. The SMILES string of the molecule is CC/C=C\C/C=C\C/C=C\C/C=C\CCCCCCC(=O)OC1C(OCC(COC(=O)CCCC/C=C\C/C=C\C/C=C\C/C=C\CC)OC(=O)CCCCCCC/C=C\C/C=C\CCC)OC(C(=O)O)C(O)C1O. The molecular formula is C63H98O12. The van der Waals surface area contributed by atoms with Crippen LogP contribution in [-0.4, -0.2) is 89.2 Å². The minimum absolute atomic E-state index is 0.0199. The Kier molecular flexibility index (Phi) is 45.4. The van der Waals surface area contributed by atoms with Crippen LogP contribution in [0.3, 0.4) is 0 Å². The van der Waals surface area contributed by atoms with Gasteiger partial charge in [-0.2, -0.15) is 0 Å². The molecule has 6 atom stereocenters. The Hall–Kier alpha value is -4.88. The van der Waals surface area contributed by atoms with Gasteiger partial charge in [0.15, 0.2) is 24.6 Å². The number of esters is 3. The number of rotatable bonds is 46. The van der Waals surface area contributed by atoms with Gasteiger partial charge in [-0.3, -0.25) is 14.4 Å². The van der Waals surface area contributed by atoms with Gasteiger partial charge in [-0.15, -0.1) is 0 Å². The van der Waals surface area contributed by atoms with Gasteiger partial charge in [0, 0.05) is 19.3 Å². The van der Waals surface area contributed by atoms with Crippen LogP contribution >= 0.6 is 0 Å². The molecule has 1 aliphatic heterocycles. The number of carbonyl (C=O) groups is 4. The molecule has 0 aromatic carbocycles. The van der Waals surface area contributed by atoms with E-state index in [1.54, 1.807) is 0 Å². The summed E-state index contributed by atoms with van der Waals surface area (Å²) in [4.78, 5) is 51.0. The molecule has 0 aromatic heterocycles. The second-order valence-corrected chi connectivity index (χ2v) is 18.8. The summed E-state index contributed by atoms with van der Waals surface area (Å²) in [5.41, 5.74) is 0. The van der Waals surface area contributed by atoms with E-state index in [0.717, 1.165) is 141 Å². The molecule has 12 nitrogen and oxygen atoms in total. The van der Waals surface area contributed by atoms with Crippen molar-refractivity contribution in [2.24, 2.45) is 0 Å². The van der Waals surface area contributed by atoms with E-state index in [1.165, 1.54) is 0 Å². The number of allylic oxidation sites excluding steroid dienone is 20. The third-order valence-corrected chi connectivity index (χ3v) is 12.0. The Morgan fingerprint density at radius 2 is 0.840 bits per heavy atom. The van der Waals surface area contributed by atoms with Crippen LogP contribution in [0, 0.1) is 0 Å². The molecule has 0 aromatic rings. The molecule has 1 fully saturated rings. The molecular weight excluding hydrogens is 949 g/mol. The van der Waals surface area contributed by atoms with Crippen molar-refractivity contribution < 1.29 is 58.2 Å². The lowest BCUT2D eigenvalue weighted by Gasteiger charge is -2.40. The summed E-state index contributed by atoms with van der Waals surface area (Å²) in [6.45, 7) is 5.62. The van der Waals surface area contributed by atoms with Crippen molar-refractivity contribution in [1.29, 1.82) is 0 Å². The molecule has 0 aliphatic carbocycles. The van der Waals surface area contributed by atoms with Crippen LogP contribution in [0.5, 0.6) is 0 Å². The smallest absolute Gasteiger partial charge is 0.335 e. The molecule has 1 saturated heterocycles. The summed E-state index contributed by atoms with van der Waals surface area (Å²) in [5, 5.41) is 31.5. The first kappa shape index (κ1) is 68.1. The summed E-state index contributed by atoms with van der Waals surface area (Å²) in [6.07, 6.45) is 56.0. The molecule has 1 rings (SSSR count). The summed E-state index contributed by atoms with van der Waals surface area (Å²) in [7, 11) is 0. The van der Waals surface area contributed by atoms with E-state index in [1.807, 2.05) is 0 Å². The topological polar surface area (TPSA) is 175 Å². The number of ether oxygens (including phenoxy) is 5. The maximum absolute atomic E-state index is 13.1. The van der Waals surface area contributed by atoms with Crippen LogP contribution < -0.4 is 0 Å². The summed E-state index contributed by atoms with van der Waals surface area (Å²) in [5.74, 6) is -3.25. The number of carboxylic acids is 1. The van der Waals surface area contributed by atoms with E-state index in [4.69, 9.17) is 23.7 Å². The fraction of sp³-hybridized carbons (Fsp3) is 0.619. The van der Waals surface area contributed by atoms with Gasteiger partial charge in [0.05, 0.1) is 6.61 Å². The van der Waals surface area contributed by atoms with Gasteiger partial charge < -0.3 is 39.0 Å². The van der Waals surface area contributed by atoms with Crippen molar-refractivity contribution in [1.82, 2.24) is 0 Å². The van der Waals surface area contributed by atoms with E-state index in [9.17, 15) is 34.5 Å². The molecule has 0 spiro atoms. The highest BCUT2D eigenvalue weighted by Gasteiger charge is 2.50. The maximum Gasteiger partial charge on any atom is 0.335 e. The molecule has 0 radical (unpaired) electrons. The average molecular weight is 1050 g/mol. The Labute approximate surface area is 452 Å². The van der Waals surface area contributed by atoms with Crippen molar-refractivity contribution in [3.05, 3.63) is 122 Å². The lowest BCUT2D eigenvalue weighted by Crippen LogP contribution is -2.61.